The van der Waals surface area contributed by atoms with E-state index in [1.165, 1.54) is 7.11 Å². The molecule has 14 heavy (non-hydrogen) atoms. The van der Waals surface area contributed by atoms with Gasteiger partial charge in [-0.15, -0.1) is 0 Å². The lowest BCUT2D eigenvalue weighted by Gasteiger charge is -2.36. The molecule has 0 aromatic carbocycles. The third kappa shape index (κ3) is 1.06. The fraction of sp³-hybridized carbons (Fsp3) is 0.714. The summed E-state index contributed by atoms with van der Waals surface area (Å²) in [6, 6.07) is -0.688. The largest absolute Gasteiger partial charge is 0.352 e. The molecule has 80 valence electrons. The van der Waals surface area contributed by atoms with Crippen LogP contribution in [0.1, 0.15) is 13.8 Å². The van der Waals surface area contributed by atoms with E-state index in [1.54, 1.807) is 13.8 Å². The highest BCUT2D eigenvalue weighted by Crippen LogP contribution is 2.43. The van der Waals surface area contributed by atoms with E-state index in [2.05, 4.69) is 0 Å². The van der Waals surface area contributed by atoms with Gasteiger partial charge in [0.25, 0.3) is 0 Å². The van der Waals surface area contributed by atoms with Crippen LogP contribution in [0.25, 0.3) is 0 Å². The predicted octanol–water partition coefficient (Wildman–Crippen LogP) is 1.35. The van der Waals surface area contributed by atoms with Crippen molar-refractivity contribution in [3.8, 4) is 0 Å². The number of nitrogens with zero attached hydrogens (tertiary/aromatic N) is 2. The number of halogens is 2. The fourth-order valence-corrected chi connectivity index (χ4v) is 2.03. The van der Waals surface area contributed by atoms with Crippen molar-refractivity contribution < 1.29 is 14.3 Å². The van der Waals surface area contributed by atoms with Gasteiger partial charge in [0.05, 0.1) is 0 Å². The maximum atomic E-state index is 11.4. The molecule has 1 rings (SSSR count). The van der Waals surface area contributed by atoms with Crippen molar-refractivity contribution in [2.75, 3.05) is 7.11 Å². The number of methoxy groups -OCH3 is 1. The van der Waals surface area contributed by atoms with Gasteiger partial charge in [-0.05, 0) is 13.8 Å². The van der Waals surface area contributed by atoms with Crippen LogP contribution in [0.5, 0.6) is 0 Å². The van der Waals surface area contributed by atoms with Crippen LogP contribution in [0, 0.1) is 0 Å². The van der Waals surface area contributed by atoms with Crippen molar-refractivity contribution in [1.29, 1.82) is 0 Å². The van der Waals surface area contributed by atoms with Gasteiger partial charge < -0.3 is 4.74 Å². The Balaban J connectivity index is 3.29. The molecular formula is C7H10Cl2N2O3. The second-order valence-corrected chi connectivity index (χ2v) is 4.10. The topological polar surface area (TPSA) is 49.9 Å². The van der Waals surface area contributed by atoms with Crippen LogP contribution in [0.2, 0.25) is 0 Å². The first kappa shape index (κ1) is 11.6. The van der Waals surface area contributed by atoms with E-state index in [1.807, 2.05) is 0 Å². The van der Waals surface area contributed by atoms with E-state index < -0.39 is 17.3 Å². The second kappa shape index (κ2) is 3.25. The number of ether oxygens (including phenoxy) is 1. The minimum atomic E-state index is -1.56. The SMILES string of the molecule is COC1(C=O)N(Cl)C(=O)N(Cl)C1(C)C. The Bertz CT molecular complexity index is 284. The molecule has 2 amide bonds. The third-order valence-electron chi connectivity index (χ3n) is 2.47. The lowest BCUT2D eigenvalue weighted by molar-refractivity contribution is -0.148. The zero-order valence-corrected chi connectivity index (χ0v) is 9.46. The number of hydrogen-bond acceptors (Lipinski definition) is 3. The molecule has 0 radical (unpaired) electrons. The summed E-state index contributed by atoms with van der Waals surface area (Å²) in [6.45, 7) is 3.16. The van der Waals surface area contributed by atoms with Crippen molar-refractivity contribution in [3.05, 3.63) is 0 Å². The minimum absolute atomic E-state index is 0.459. The molecule has 0 N–H and O–H groups in total. The first-order valence-electron chi connectivity index (χ1n) is 3.82. The molecule has 0 aromatic rings. The predicted molar refractivity (Wildman–Crippen MR) is 50.7 cm³/mol. The van der Waals surface area contributed by atoms with Gasteiger partial charge in [0.15, 0.2) is 6.29 Å². The summed E-state index contributed by atoms with van der Waals surface area (Å²) in [7, 11) is 1.29. The molecule has 1 aliphatic heterocycles. The van der Waals surface area contributed by atoms with Crippen molar-refractivity contribution >= 4 is 35.9 Å². The van der Waals surface area contributed by atoms with Crippen LogP contribution >= 0.6 is 23.6 Å². The monoisotopic (exact) mass is 240 g/mol. The molecule has 7 heteroatoms. The smallest absolute Gasteiger partial charge is 0.349 e. The Hall–Kier alpha value is -0.520. The maximum absolute atomic E-state index is 11.4. The van der Waals surface area contributed by atoms with Crippen molar-refractivity contribution in [2.24, 2.45) is 0 Å². The van der Waals surface area contributed by atoms with Gasteiger partial charge in [-0.1, -0.05) is 0 Å². The Labute approximate surface area is 91.7 Å². The summed E-state index contributed by atoms with van der Waals surface area (Å²) in [5.41, 5.74) is -2.60. The van der Waals surface area contributed by atoms with Crippen LogP contribution in [0.4, 0.5) is 4.79 Å². The summed E-state index contributed by atoms with van der Waals surface area (Å²) in [5.74, 6) is 0. The molecule has 0 spiro atoms. The number of aldehydes is 1. The number of urea groups is 1. The number of hydrogen-bond donors (Lipinski definition) is 0. The second-order valence-electron chi connectivity index (χ2n) is 3.42. The molecule has 0 aromatic heterocycles. The van der Waals surface area contributed by atoms with Gasteiger partial charge in [-0.25, -0.2) is 9.21 Å². The normalized spacial score (nSPS) is 31.1. The number of carbonyl (C=O) groups excluding carboxylic acids is 2. The van der Waals surface area contributed by atoms with Crippen LogP contribution in [-0.2, 0) is 9.53 Å². The Morgan fingerprint density at radius 1 is 1.36 bits per heavy atom. The number of rotatable bonds is 2. The van der Waals surface area contributed by atoms with Crippen LogP contribution in [0.15, 0.2) is 0 Å². The van der Waals surface area contributed by atoms with E-state index in [-0.39, 0.29) is 0 Å². The van der Waals surface area contributed by atoms with Gasteiger partial charge in [-0.2, -0.15) is 4.42 Å². The van der Waals surface area contributed by atoms with E-state index in [4.69, 9.17) is 28.3 Å². The third-order valence-corrected chi connectivity index (χ3v) is 3.43. The lowest BCUT2D eigenvalue weighted by atomic mass is 9.93. The van der Waals surface area contributed by atoms with Crippen LogP contribution in [-0.4, -0.2) is 39.5 Å². The highest BCUT2D eigenvalue weighted by atomic mass is 35.5. The van der Waals surface area contributed by atoms with Gasteiger partial charge in [0, 0.05) is 30.7 Å². The summed E-state index contributed by atoms with van der Waals surface area (Å²) >= 11 is 11.4. The zero-order chi connectivity index (χ0) is 11.1. The first-order chi connectivity index (χ1) is 6.35. The lowest BCUT2D eigenvalue weighted by Crippen LogP contribution is -2.57. The molecule has 0 bridgehead atoms. The summed E-state index contributed by atoms with van der Waals surface area (Å²) < 4.78 is 6.50. The average molecular weight is 241 g/mol. The van der Waals surface area contributed by atoms with E-state index >= 15 is 0 Å². The molecule has 0 saturated carbocycles. The fourth-order valence-electron chi connectivity index (χ4n) is 1.41. The van der Waals surface area contributed by atoms with E-state index in [9.17, 15) is 9.59 Å². The van der Waals surface area contributed by atoms with Gasteiger partial charge in [-0.3, -0.25) is 4.79 Å². The van der Waals surface area contributed by atoms with Gasteiger partial charge >= 0.3 is 6.03 Å². The molecule has 1 aliphatic rings. The molecule has 1 atom stereocenters. The van der Waals surface area contributed by atoms with E-state index in [0.717, 1.165) is 4.42 Å². The van der Waals surface area contributed by atoms with E-state index in [0.29, 0.717) is 10.7 Å². The average Bonchev–Trinajstić information content (AvgIpc) is 2.28. The molecule has 1 unspecified atom stereocenters. The Morgan fingerprint density at radius 2 is 1.86 bits per heavy atom. The number of amides is 2. The molecule has 1 fully saturated rings. The molecule has 1 saturated heterocycles. The van der Waals surface area contributed by atoms with Gasteiger partial charge in [0.2, 0.25) is 5.72 Å². The first-order valence-corrected chi connectivity index (χ1v) is 4.50. The van der Waals surface area contributed by atoms with Gasteiger partial charge in [0.1, 0.15) is 5.54 Å². The minimum Gasteiger partial charge on any atom is -0.349 e. The van der Waals surface area contributed by atoms with Crippen molar-refractivity contribution in [3.63, 3.8) is 0 Å². The van der Waals surface area contributed by atoms with Crippen molar-refractivity contribution in [2.45, 2.75) is 25.1 Å². The molecule has 5 nitrogen and oxygen atoms in total. The number of carbonyl (C=O) groups is 2. The molecule has 0 aliphatic carbocycles. The van der Waals surface area contributed by atoms with Crippen LogP contribution < -0.4 is 0 Å². The quantitative estimate of drug-likeness (QED) is 0.541. The highest BCUT2D eigenvalue weighted by molar-refractivity contribution is 6.30. The molecule has 1 heterocycles. The Morgan fingerprint density at radius 3 is 2.00 bits per heavy atom. The Kier molecular flexibility index (Phi) is 2.69. The summed E-state index contributed by atoms with van der Waals surface area (Å²) in [4.78, 5) is 22.4. The highest BCUT2D eigenvalue weighted by Gasteiger charge is 2.64. The standard InChI is InChI=1S/C7H10Cl2N2O3/c1-6(2)7(4-12,14-3)11(9)5(13)10(6)8/h4H,1-3H3. The van der Waals surface area contributed by atoms with Crippen LogP contribution in [0.3, 0.4) is 0 Å². The summed E-state index contributed by atoms with van der Waals surface area (Å²) in [5, 5.41) is 0. The molecular weight excluding hydrogens is 231 g/mol. The summed E-state index contributed by atoms with van der Waals surface area (Å²) in [6.07, 6.45) is 0.459. The maximum Gasteiger partial charge on any atom is 0.352 e. The van der Waals surface area contributed by atoms with Crippen molar-refractivity contribution in [1.82, 2.24) is 8.84 Å². The zero-order valence-electron chi connectivity index (χ0n) is 7.95.